The van der Waals surface area contributed by atoms with Crippen LogP contribution in [0.1, 0.15) is 61.6 Å². The molecule has 0 aliphatic carbocycles. The number of aromatic nitrogens is 1. The second kappa shape index (κ2) is 12.5. The van der Waals surface area contributed by atoms with Gasteiger partial charge in [-0.1, -0.05) is 6.92 Å². The van der Waals surface area contributed by atoms with Crippen molar-refractivity contribution >= 4 is 5.91 Å². The van der Waals surface area contributed by atoms with Crippen molar-refractivity contribution in [3.63, 3.8) is 0 Å². The molecule has 0 radical (unpaired) electrons. The van der Waals surface area contributed by atoms with Gasteiger partial charge in [0.2, 0.25) is 11.8 Å². The maximum absolute atomic E-state index is 13.8. The first-order valence-electron chi connectivity index (χ1n) is 13.8. The van der Waals surface area contributed by atoms with Crippen molar-refractivity contribution in [1.82, 2.24) is 20.1 Å². The van der Waals surface area contributed by atoms with Gasteiger partial charge in [0.1, 0.15) is 0 Å². The van der Waals surface area contributed by atoms with Gasteiger partial charge in [-0.25, -0.2) is 4.98 Å². The molecule has 1 N–H and O–H groups in total. The summed E-state index contributed by atoms with van der Waals surface area (Å²) < 4.78 is 86.4. The standard InChI is InChI=1S/C28H36F6N4O2/c1-18-5-3-9-37(16-18)10-4-8-35-25(39)20-6-11-38(12-7-20)17-23-24(28(32,33)34)36-26(40-23)21-13-19(2)14-22(15-21)27(29,30)31/h13-15,18,20H,3-12,16-17H2,1-2H3,(H,35,39). The molecule has 1 amide bonds. The average Bonchev–Trinajstić information content (AvgIpc) is 3.31. The van der Waals surface area contributed by atoms with Crippen molar-refractivity contribution in [1.29, 1.82) is 0 Å². The summed E-state index contributed by atoms with van der Waals surface area (Å²) in [5.74, 6) is -0.511. The number of hydrogen-bond donors (Lipinski definition) is 1. The van der Waals surface area contributed by atoms with Gasteiger partial charge in [-0.3, -0.25) is 9.69 Å². The first kappa shape index (κ1) is 30.4. The van der Waals surface area contributed by atoms with Crippen molar-refractivity contribution < 1.29 is 35.6 Å². The van der Waals surface area contributed by atoms with E-state index >= 15 is 0 Å². The Morgan fingerprint density at radius 2 is 1.75 bits per heavy atom. The van der Waals surface area contributed by atoms with Crippen LogP contribution in [0.2, 0.25) is 0 Å². The number of alkyl halides is 6. The fraction of sp³-hybridized carbons (Fsp3) is 0.643. The van der Waals surface area contributed by atoms with Crippen LogP contribution in [0.4, 0.5) is 26.3 Å². The summed E-state index contributed by atoms with van der Waals surface area (Å²) in [4.78, 5) is 20.4. The third-order valence-corrected chi connectivity index (χ3v) is 7.63. The molecule has 1 unspecified atom stereocenters. The molecule has 1 aromatic carbocycles. The highest BCUT2D eigenvalue weighted by atomic mass is 19.4. The van der Waals surface area contributed by atoms with E-state index in [0.717, 1.165) is 38.2 Å². The normalized spacial score (nSPS) is 20.1. The number of likely N-dealkylation sites (tertiary alicyclic amines) is 2. The topological polar surface area (TPSA) is 61.6 Å². The highest BCUT2D eigenvalue weighted by Crippen LogP contribution is 2.38. The molecule has 3 heterocycles. The van der Waals surface area contributed by atoms with E-state index in [1.807, 2.05) is 0 Å². The molecule has 0 saturated carbocycles. The van der Waals surface area contributed by atoms with Crippen LogP contribution in [0.25, 0.3) is 11.5 Å². The van der Waals surface area contributed by atoms with Gasteiger partial charge in [-0.2, -0.15) is 26.3 Å². The van der Waals surface area contributed by atoms with E-state index < -0.39 is 35.3 Å². The summed E-state index contributed by atoms with van der Waals surface area (Å²) in [5, 5.41) is 3.00. The second-order valence-corrected chi connectivity index (χ2v) is 11.1. The minimum atomic E-state index is -4.84. The number of amides is 1. The predicted octanol–water partition coefficient (Wildman–Crippen LogP) is 6.14. The van der Waals surface area contributed by atoms with Crippen molar-refractivity contribution in [2.75, 3.05) is 39.3 Å². The number of piperidine rings is 2. The number of benzene rings is 1. The van der Waals surface area contributed by atoms with Crippen molar-refractivity contribution in [2.24, 2.45) is 11.8 Å². The van der Waals surface area contributed by atoms with E-state index in [9.17, 15) is 31.1 Å². The highest BCUT2D eigenvalue weighted by molar-refractivity contribution is 5.78. The van der Waals surface area contributed by atoms with Crippen molar-refractivity contribution in [3.05, 3.63) is 40.8 Å². The highest BCUT2D eigenvalue weighted by Gasteiger charge is 2.40. The molecule has 6 nitrogen and oxygen atoms in total. The summed E-state index contributed by atoms with van der Waals surface area (Å²) in [5.41, 5.74) is -2.19. The maximum Gasteiger partial charge on any atom is 0.436 e. The smallest absolute Gasteiger partial charge is 0.436 e. The quantitative estimate of drug-likeness (QED) is 0.303. The maximum atomic E-state index is 13.8. The molecule has 2 aliphatic heterocycles. The Balaban J connectivity index is 1.33. The van der Waals surface area contributed by atoms with Gasteiger partial charge in [-0.15, -0.1) is 0 Å². The fourth-order valence-electron chi connectivity index (χ4n) is 5.58. The molecule has 12 heteroatoms. The van der Waals surface area contributed by atoms with E-state index in [1.54, 1.807) is 4.90 Å². The molecule has 4 rings (SSSR count). The second-order valence-electron chi connectivity index (χ2n) is 11.1. The third-order valence-electron chi connectivity index (χ3n) is 7.63. The molecule has 0 bridgehead atoms. The van der Waals surface area contributed by atoms with E-state index in [0.29, 0.717) is 38.4 Å². The number of carbonyl (C=O) groups excluding carboxylic acids is 1. The van der Waals surface area contributed by atoms with E-state index in [2.05, 4.69) is 22.1 Å². The number of aryl methyl sites for hydroxylation is 1. The van der Waals surface area contributed by atoms with Crippen LogP contribution < -0.4 is 5.32 Å². The zero-order valence-electron chi connectivity index (χ0n) is 22.8. The zero-order valence-corrected chi connectivity index (χ0v) is 22.8. The van der Waals surface area contributed by atoms with Gasteiger partial charge in [0.05, 0.1) is 12.1 Å². The molecule has 2 aromatic rings. The number of nitrogens with zero attached hydrogens (tertiary/aromatic N) is 3. The lowest BCUT2D eigenvalue weighted by atomic mass is 9.95. The van der Waals surface area contributed by atoms with Gasteiger partial charge >= 0.3 is 12.4 Å². The van der Waals surface area contributed by atoms with E-state index in [-0.39, 0.29) is 29.5 Å². The van der Waals surface area contributed by atoms with Gasteiger partial charge in [0.25, 0.3) is 0 Å². The molecular weight excluding hydrogens is 538 g/mol. The zero-order chi connectivity index (χ0) is 29.1. The lowest BCUT2D eigenvalue weighted by Crippen LogP contribution is -2.41. The number of halogens is 6. The molecule has 1 atom stereocenters. The number of carbonyl (C=O) groups is 1. The van der Waals surface area contributed by atoms with Crippen LogP contribution in [0, 0.1) is 18.8 Å². The molecule has 0 spiro atoms. The van der Waals surface area contributed by atoms with E-state index in [1.165, 1.54) is 25.8 Å². The number of rotatable bonds is 8. The lowest BCUT2D eigenvalue weighted by molar-refractivity contribution is -0.142. The molecular formula is C28H36F6N4O2. The molecule has 1 aromatic heterocycles. The minimum absolute atomic E-state index is 0.0375. The SMILES string of the molecule is Cc1cc(-c2nc(C(F)(F)F)c(CN3CCC(C(=O)NCCCN4CCCC(C)C4)CC3)o2)cc(C(F)(F)F)c1. The summed E-state index contributed by atoms with van der Waals surface area (Å²) in [6.07, 6.45) is -5.18. The number of hydrogen-bond acceptors (Lipinski definition) is 5. The Labute approximate surface area is 230 Å². The van der Waals surface area contributed by atoms with Crippen molar-refractivity contribution in [2.45, 2.75) is 64.8 Å². The van der Waals surface area contributed by atoms with Crippen LogP contribution in [0.3, 0.4) is 0 Å². The number of nitrogens with one attached hydrogen (secondary N) is 1. The monoisotopic (exact) mass is 574 g/mol. The minimum Gasteiger partial charge on any atom is -0.439 e. The van der Waals surface area contributed by atoms with Gasteiger partial charge in [0, 0.05) is 24.6 Å². The fourth-order valence-corrected chi connectivity index (χ4v) is 5.58. The van der Waals surface area contributed by atoms with E-state index in [4.69, 9.17) is 4.42 Å². The number of oxazole rings is 1. The molecule has 2 aliphatic rings. The lowest BCUT2D eigenvalue weighted by Gasteiger charge is -2.31. The van der Waals surface area contributed by atoms with Crippen LogP contribution in [-0.2, 0) is 23.7 Å². The Morgan fingerprint density at radius 3 is 2.40 bits per heavy atom. The summed E-state index contributed by atoms with van der Waals surface area (Å²) in [6.45, 7) is 7.97. The summed E-state index contributed by atoms with van der Waals surface area (Å²) >= 11 is 0. The average molecular weight is 575 g/mol. The summed E-state index contributed by atoms with van der Waals surface area (Å²) in [6, 6.07) is 2.95. The van der Waals surface area contributed by atoms with Gasteiger partial charge in [-0.05, 0) is 94.9 Å². The predicted molar refractivity (Wildman–Crippen MR) is 137 cm³/mol. The van der Waals surface area contributed by atoms with Crippen LogP contribution in [-0.4, -0.2) is 60.0 Å². The Morgan fingerprint density at radius 1 is 1.02 bits per heavy atom. The van der Waals surface area contributed by atoms with Crippen LogP contribution in [0.15, 0.2) is 22.6 Å². The van der Waals surface area contributed by atoms with Crippen molar-refractivity contribution in [3.8, 4) is 11.5 Å². The first-order valence-corrected chi connectivity index (χ1v) is 13.8. The van der Waals surface area contributed by atoms with Crippen LogP contribution >= 0.6 is 0 Å². The molecule has 40 heavy (non-hydrogen) atoms. The first-order chi connectivity index (χ1) is 18.8. The third kappa shape index (κ3) is 7.99. The summed E-state index contributed by atoms with van der Waals surface area (Å²) in [7, 11) is 0. The Hall–Kier alpha value is -2.60. The Bertz CT molecular complexity index is 1150. The van der Waals surface area contributed by atoms with Gasteiger partial charge < -0.3 is 14.6 Å². The molecule has 2 fully saturated rings. The molecule has 222 valence electrons. The van der Waals surface area contributed by atoms with Crippen LogP contribution in [0.5, 0.6) is 0 Å². The largest absolute Gasteiger partial charge is 0.439 e. The Kier molecular flexibility index (Phi) is 9.49. The molecule has 2 saturated heterocycles. The van der Waals surface area contributed by atoms with Gasteiger partial charge in [0.15, 0.2) is 11.5 Å².